The molecule has 0 amide bonds. The Morgan fingerprint density at radius 1 is 0.947 bits per heavy atom. The summed E-state index contributed by atoms with van der Waals surface area (Å²) in [6, 6.07) is 0. The molecule has 0 aliphatic heterocycles. The number of ether oxygens (including phenoxy) is 1. The molecule has 0 radical (unpaired) electrons. The van der Waals surface area contributed by atoms with Gasteiger partial charge in [-0.05, 0) is 25.0 Å². The van der Waals surface area contributed by atoms with Crippen molar-refractivity contribution in [2.24, 2.45) is 0 Å². The van der Waals surface area contributed by atoms with Gasteiger partial charge >= 0.3 is 0 Å². The Morgan fingerprint density at radius 2 is 1.32 bits per heavy atom. The number of hydrogen-bond acceptors (Lipinski definition) is 3. The Labute approximate surface area is 116 Å². The molecule has 0 saturated heterocycles. The van der Waals surface area contributed by atoms with Gasteiger partial charge in [-0.1, -0.05) is 52.7 Å². The van der Waals surface area contributed by atoms with Crippen LogP contribution in [0.2, 0.25) is 0 Å². The molecule has 3 nitrogen and oxygen atoms in total. The second-order valence-electron chi connectivity index (χ2n) is 4.61. The van der Waals surface area contributed by atoms with E-state index in [2.05, 4.69) is 27.0 Å². The van der Waals surface area contributed by atoms with Crippen LogP contribution in [0.1, 0.15) is 52.4 Å². The normalized spacial score (nSPS) is 13.6. The van der Waals surface area contributed by atoms with Gasteiger partial charge < -0.3 is 4.74 Å². The zero-order valence-corrected chi connectivity index (χ0v) is 12.2. The Kier molecular flexibility index (Phi) is 9.99. The topological polar surface area (TPSA) is 43.4 Å². The van der Waals surface area contributed by atoms with Gasteiger partial charge in [-0.2, -0.15) is 0 Å². The minimum absolute atomic E-state index is 0.146. The molecule has 0 rings (SSSR count). The first-order chi connectivity index (χ1) is 9.10. The first-order valence-corrected chi connectivity index (χ1v) is 7.08. The van der Waals surface area contributed by atoms with E-state index in [1.807, 2.05) is 0 Å². The summed E-state index contributed by atoms with van der Waals surface area (Å²) in [5.74, 6) is -0.293. The Bertz CT molecular complexity index is 277. The third kappa shape index (κ3) is 7.06. The summed E-state index contributed by atoms with van der Waals surface area (Å²) in [4.78, 5) is 23.5. The van der Waals surface area contributed by atoms with E-state index in [1.165, 1.54) is 12.2 Å². The van der Waals surface area contributed by atoms with Crippen LogP contribution in [0.15, 0.2) is 25.3 Å². The van der Waals surface area contributed by atoms with Gasteiger partial charge in [0.1, 0.15) is 12.2 Å². The van der Waals surface area contributed by atoms with Crippen molar-refractivity contribution in [1.29, 1.82) is 0 Å². The predicted octanol–water partition coefficient (Wildman–Crippen LogP) is 3.63. The molecule has 0 saturated carbocycles. The summed E-state index contributed by atoms with van der Waals surface area (Å²) in [5.41, 5.74) is 0. The maximum atomic E-state index is 11.8. The van der Waals surface area contributed by atoms with Gasteiger partial charge in [0.25, 0.3) is 0 Å². The van der Waals surface area contributed by atoms with Gasteiger partial charge in [-0.15, -0.1) is 0 Å². The van der Waals surface area contributed by atoms with Crippen LogP contribution in [0.25, 0.3) is 0 Å². The maximum absolute atomic E-state index is 11.8. The van der Waals surface area contributed by atoms with Crippen molar-refractivity contribution in [2.45, 2.75) is 64.6 Å². The minimum atomic E-state index is -0.553. The fourth-order valence-corrected chi connectivity index (χ4v) is 1.79. The molecule has 108 valence electrons. The van der Waals surface area contributed by atoms with E-state index in [4.69, 9.17) is 4.74 Å². The van der Waals surface area contributed by atoms with Crippen molar-refractivity contribution < 1.29 is 14.3 Å². The number of ketones is 2. The lowest BCUT2D eigenvalue weighted by Gasteiger charge is -2.21. The molecule has 2 unspecified atom stereocenters. The third-order valence-corrected chi connectivity index (χ3v) is 3.01. The Balaban J connectivity index is 4.69. The second-order valence-corrected chi connectivity index (χ2v) is 4.61. The molecule has 0 aromatic heterocycles. The predicted molar refractivity (Wildman–Crippen MR) is 78.1 cm³/mol. The molecule has 0 fully saturated rings. The fourth-order valence-electron chi connectivity index (χ4n) is 1.79. The van der Waals surface area contributed by atoms with Gasteiger partial charge in [-0.25, -0.2) is 0 Å². The van der Waals surface area contributed by atoms with Crippen molar-refractivity contribution in [3.8, 4) is 0 Å². The first-order valence-electron chi connectivity index (χ1n) is 7.08. The SMILES string of the molecule is C=CC(=O)C(CCCC)OC(CCCC)C(=O)C=C. The quantitative estimate of drug-likeness (QED) is 0.507. The number of rotatable bonds is 12. The minimum Gasteiger partial charge on any atom is -0.359 e. The highest BCUT2D eigenvalue weighted by Crippen LogP contribution is 2.15. The van der Waals surface area contributed by atoms with Crippen LogP contribution in [-0.4, -0.2) is 23.8 Å². The van der Waals surface area contributed by atoms with Gasteiger partial charge in [0.2, 0.25) is 0 Å². The number of hydrogen-bond donors (Lipinski definition) is 0. The van der Waals surface area contributed by atoms with Gasteiger partial charge in [0, 0.05) is 0 Å². The lowest BCUT2D eigenvalue weighted by Crippen LogP contribution is -2.32. The first kappa shape index (κ1) is 17.8. The molecule has 0 aliphatic rings. The Morgan fingerprint density at radius 3 is 1.58 bits per heavy atom. The zero-order chi connectivity index (χ0) is 14.7. The van der Waals surface area contributed by atoms with E-state index in [0.717, 1.165) is 25.7 Å². The number of unbranched alkanes of at least 4 members (excludes halogenated alkanes) is 2. The van der Waals surface area contributed by atoms with Crippen LogP contribution < -0.4 is 0 Å². The number of carbonyl (C=O) groups excluding carboxylic acids is 2. The monoisotopic (exact) mass is 266 g/mol. The summed E-state index contributed by atoms with van der Waals surface area (Å²) >= 11 is 0. The van der Waals surface area contributed by atoms with Crippen LogP contribution in [0.5, 0.6) is 0 Å². The molecule has 0 aromatic carbocycles. The molecule has 0 aromatic rings. The lowest BCUT2D eigenvalue weighted by atomic mass is 10.1. The molecule has 0 heterocycles. The highest BCUT2D eigenvalue weighted by molar-refractivity contribution is 5.95. The summed E-state index contributed by atoms with van der Waals surface area (Å²) in [6.45, 7) is 11.1. The van der Waals surface area contributed by atoms with Crippen LogP contribution in [0, 0.1) is 0 Å². The molecular weight excluding hydrogens is 240 g/mol. The molecular formula is C16H26O3. The van der Waals surface area contributed by atoms with Crippen LogP contribution in [0.3, 0.4) is 0 Å². The highest BCUT2D eigenvalue weighted by atomic mass is 16.5. The highest BCUT2D eigenvalue weighted by Gasteiger charge is 2.24. The largest absolute Gasteiger partial charge is 0.359 e. The van der Waals surface area contributed by atoms with Gasteiger partial charge in [0.05, 0.1) is 0 Å². The fraction of sp³-hybridized carbons (Fsp3) is 0.625. The molecule has 2 atom stereocenters. The Hall–Kier alpha value is -1.22. The van der Waals surface area contributed by atoms with E-state index >= 15 is 0 Å². The van der Waals surface area contributed by atoms with Crippen LogP contribution in [-0.2, 0) is 14.3 Å². The van der Waals surface area contributed by atoms with E-state index in [1.54, 1.807) is 0 Å². The van der Waals surface area contributed by atoms with Gasteiger partial charge in [-0.3, -0.25) is 9.59 Å². The van der Waals surface area contributed by atoms with E-state index in [0.29, 0.717) is 12.8 Å². The summed E-state index contributed by atoms with van der Waals surface area (Å²) < 4.78 is 5.72. The van der Waals surface area contributed by atoms with Gasteiger partial charge in [0.15, 0.2) is 11.6 Å². The zero-order valence-electron chi connectivity index (χ0n) is 12.2. The van der Waals surface area contributed by atoms with Crippen LogP contribution in [0.4, 0.5) is 0 Å². The average Bonchev–Trinajstić information content (AvgIpc) is 2.44. The smallest absolute Gasteiger partial charge is 0.183 e. The molecule has 0 N–H and O–H groups in total. The summed E-state index contributed by atoms with van der Waals surface area (Å²) in [5, 5.41) is 0. The molecule has 19 heavy (non-hydrogen) atoms. The summed E-state index contributed by atoms with van der Waals surface area (Å²) in [7, 11) is 0. The summed E-state index contributed by atoms with van der Waals surface area (Å²) in [6.07, 6.45) is 6.47. The average molecular weight is 266 g/mol. The van der Waals surface area contributed by atoms with Crippen molar-refractivity contribution >= 4 is 11.6 Å². The van der Waals surface area contributed by atoms with E-state index in [9.17, 15) is 9.59 Å². The van der Waals surface area contributed by atoms with E-state index < -0.39 is 12.2 Å². The van der Waals surface area contributed by atoms with Crippen LogP contribution >= 0.6 is 0 Å². The molecule has 0 spiro atoms. The number of carbonyl (C=O) groups is 2. The van der Waals surface area contributed by atoms with Crippen molar-refractivity contribution in [2.75, 3.05) is 0 Å². The molecule has 0 bridgehead atoms. The van der Waals surface area contributed by atoms with E-state index in [-0.39, 0.29) is 11.6 Å². The van der Waals surface area contributed by atoms with Crippen molar-refractivity contribution in [3.05, 3.63) is 25.3 Å². The third-order valence-electron chi connectivity index (χ3n) is 3.01. The van der Waals surface area contributed by atoms with Crippen molar-refractivity contribution in [3.63, 3.8) is 0 Å². The standard InChI is InChI=1S/C16H26O3/c1-5-9-11-15(13(17)7-3)19-16(12-10-6-2)14(18)8-4/h7-8,15-16H,3-6,9-12H2,1-2H3. The maximum Gasteiger partial charge on any atom is 0.183 e. The molecule has 3 heteroatoms. The molecule has 0 aliphatic carbocycles. The second kappa shape index (κ2) is 10.7. The van der Waals surface area contributed by atoms with Crippen molar-refractivity contribution in [1.82, 2.24) is 0 Å². The lowest BCUT2D eigenvalue weighted by molar-refractivity contribution is -0.139.